The first-order valence-corrected chi connectivity index (χ1v) is 9.68. The number of carbonyl (C=O) groups excluding carboxylic acids is 1. The average molecular weight is 392 g/mol. The molecule has 0 saturated carbocycles. The van der Waals surface area contributed by atoms with Gasteiger partial charge in [0.15, 0.2) is 15.6 Å². The van der Waals surface area contributed by atoms with E-state index in [2.05, 4.69) is 10.4 Å². The number of anilines is 1. The van der Waals surface area contributed by atoms with Gasteiger partial charge in [-0.25, -0.2) is 17.9 Å². The van der Waals surface area contributed by atoms with Crippen LogP contribution in [0, 0.1) is 0 Å². The molecule has 26 heavy (non-hydrogen) atoms. The quantitative estimate of drug-likeness (QED) is 0.734. The van der Waals surface area contributed by atoms with E-state index in [-0.39, 0.29) is 10.6 Å². The molecule has 0 bridgehead atoms. The van der Waals surface area contributed by atoms with Crippen molar-refractivity contribution in [1.29, 1.82) is 0 Å². The Labute approximate surface area is 155 Å². The van der Waals surface area contributed by atoms with Gasteiger partial charge < -0.3 is 4.74 Å². The minimum absolute atomic E-state index is 0.103. The van der Waals surface area contributed by atoms with Crippen LogP contribution in [-0.2, 0) is 9.84 Å². The predicted molar refractivity (Wildman–Crippen MR) is 97.8 cm³/mol. The molecule has 0 aliphatic carbocycles. The number of hydrogen-bond donors (Lipinski definition) is 1. The molecule has 1 N–H and O–H groups in total. The Hall–Kier alpha value is -2.84. The Balaban J connectivity index is 1.68. The van der Waals surface area contributed by atoms with E-state index in [4.69, 9.17) is 16.3 Å². The number of amides is 1. The molecular weight excluding hydrogens is 378 g/mol. The fourth-order valence-corrected chi connectivity index (χ4v) is 2.94. The van der Waals surface area contributed by atoms with E-state index in [9.17, 15) is 13.2 Å². The minimum atomic E-state index is -3.37. The predicted octanol–water partition coefficient (Wildman–Crippen LogP) is 3.54. The molecule has 9 heteroatoms. The van der Waals surface area contributed by atoms with Crippen LogP contribution in [0.4, 0.5) is 10.5 Å². The maximum Gasteiger partial charge on any atom is 0.417 e. The second-order valence-corrected chi connectivity index (χ2v) is 7.86. The van der Waals surface area contributed by atoms with E-state index < -0.39 is 15.9 Å². The summed E-state index contributed by atoms with van der Waals surface area (Å²) < 4.78 is 29.8. The Morgan fingerprint density at radius 3 is 2.62 bits per heavy atom. The number of halogens is 1. The SMILES string of the molecule is CS(=O)(=O)c1cccc(NC(=O)Oc2cnn(-c3ccc(Cl)cc3)c2)c1. The number of hydrogen-bond acceptors (Lipinski definition) is 5. The standard InChI is InChI=1S/C17H14ClN3O4S/c1-26(23,24)16-4-2-3-13(9-16)20-17(22)25-15-10-19-21(11-15)14-7-5-12(18)6-8-14/h2-11H,1H3,(H,20,22). The van der Waals surface area contributed by atoms with Crippen LogP contribution in [0.5, 0.6) is 5.75 Å². The zero-order valence-electron chi connectivity index (χ0n) is 13.6. The fourth-order valence-electron chi connectivity index (χ4n) is 2.15. The Morgan fingerprint density at radius 2 is 1.92 bits per heavy atom. The molecule has 1 heterocycles. The van der Waals surface area contributed by atoms with Crippen LogP contribution in [0.2, 0.25) is 5.02 Å². The third kappa shape index (κ3) is 4.41. The summed E-state index contributed by atoms with van der Waals surface area (Å²) in [6, 6.07) is 12.9. The van der Waals surface area contributed by atoms with Crippen molar-refractivity contribution in [2.24, 2.45) is 0 Å². The molecule has 0 radical (unpaired) electrons. The molecule has 0 atom stereocenters. The maximum absolute atomic E-state index is 12.0. The van der Waals surface area contributed by atoms with Gasteiger partial charge in [0, 0.05) is 17.0 Å². The van der Waals surface area contributed by atoms with Crippen molar-refractivity contribution < 1.29 is 17.9 Å². The number of rotatable bonds is 4. The van der Waals surface area contributed by atoms with Gasteiger partial charge in [0.1, 0.15) is 0 Å². The molecule has 0 unspecified atom stereocenters. The second-order valence-electron chi connectivity index (χ2n) is 5.41. The Morgan fingerprint density at radius 1 is 1.19 bits per heavy atom. The van der Waals surface area contributed by atoms with Crippen molar-refractivity contribution in [1.82, 2.24) is 9.78 Å². The van der Waals surface area contributed by atoms with Gasteiger partial charge in [-0.15, -0.1) is 0 Å². The normalized spacial score (nSPS) is 11.2. The number of aromatic nitrogens is 2. The van der Waals surface area contributed by atoms with Gasteiger partial charge in [-0.1, -0.05) is 17.7 Å². The highest BCUT2D eigenvalue weighted by atomic mass is 35.5. The third-order valence-corrected chi connectivity index (χ3v) is 4.73. The van der Waals surface area contributed by atoms with E-state index in [1.165, 1.54) is 35.3 Å². The topological polar surface area (TPSA) is 90.3 Å². The van der Waals surface area contributed by atoms with Crippen molar-refractivity contribution >= 4 is 33.2 Å². The zero-order valence-corrected chi connectivity index (χ0v) is 15.2. The van der Waals surface area contributed by atoms with Crippen molar-refractivity contribution in [2.45, 2.75) is 4.90 Å². The van der Waals surface area contributed by atoms with Gasteiger partial charge in [0.2, 0.25) is 0 Å². The number of ether oxygens (including phenoxy) is 1. The molecule has 2 aromatic carbocycles. The van der Waals surface area contributed by atoms with Gasteiger partial charge in [-0.3, -0.25) is 5.32 Å². The number of nitrogens with zero attached hydrogens (tertiary/aromatic N) is 2. The molecule has 3 rings (SSSR count). The molecule has 0 aliphatic heterocycles. The minimum Gasteiger partial charge on any atom is -0.407 e. The summed E-state index contributed by atoms with van der Waals surface area (Å²) in [6.45, 7) is 0. The summed E-state index contributed by atoms with van der Waals surface area (Å²) in [6.07, 6.45) is 3.26. The largest absolute Gasteiger partial charge is 0.417 e. The Bertz CT molecular complexity index is 1050. The van der Waals surface area contributed by atoms with Crippen LogP contribution in [-0.4, -0.2) is 30.5 Å². The second kappa shape index (κ2) is 7.19. The third-order valence-electron chi connectivity index (χ3n) is 3.37. The van der Waals surface area contributed by atoms with Crippen LogP contribution in [0.15, 0.2) is 65.8 Å². The summed E-state index contributed by atoms with van der Waals surface area (Å²) in [5, 5.41) is 7.20. The first-order chi connectivity index (χ1) is 12.3. The van der Waals surface area contributed by atoms with Crippen molar-refractivity contribution in [3.05, 3.63) is 65.9 Å². The van der Waals surface area contributed by atoms with Crippen LogP contribution in [0.3, 0.4) is 0 Å². The number of sulfone groups is 1. The first kappa shape index (κ1) is 18.0. The summed E-state index contributed by atoms with van der Waals surface area (Å²) in [5.74, 6) is 0.233. The number of benzene rings is 2. The molecule has 3 aromatic rings. The van der Waals surface area contributed by atoms with Crippen LogP contribution < -0.4 is 10.1 Å². The van der Waals surface area contributed by atoms with Gasteiger partial charge in [-0.2, -0.15) is 5.10 Å². The van der Waals surface area contributed by atoms with E-state index in [1.807, 2.05) is 0 Å². The molecule has 1 amide bonds. The van der Waals surface area contributed by atoms with Crippen LogP contribution >= 0.6 is 11.6 Å². The number of nitrogens with one attached hydrogen (secondary N) is 1. The fraction of sp³-hybridized carbons (Fsp3) is 0.0588. The van der Waals surface area contributed by atoms with E-state index in [1.54, 1.807) is 30.3 Å². The van der Waals surface area contributed by atoms with Gasteiger partial charge in [-0.05, 0) is 42.5 Å². The summed E-state index contributed by atoms with van der Waals surface area (Å²) in [7, 11) is -3.37. The Kier molecular flexibility index (Phi) is 4.97. The van der Waals surface area contributed by atoms with Crippen LogP contribution in [0.25, 0.3) is 5.69 Å². The lowest BCUT2D eigenvalue weighted by molar-refractivity contribution is 0.215. The highest BCUT2D eigenvalue weighted by Crippen LogP contribution is 2.18. The zero-order chi connectivity index (χ0) is 18.7. The maximum atomic E-state index is 12.0. The lowest BCUT2D eigenvalue weighted by atomic mass is 10.3. The van der Waals surface area contributed by atoms with E-state index in [0.29, 0.717) is 10.7 Å². The molecule has 7 nitrogen and oxygen atoms in total. The smallest absolute Gasteiger partial charge is 0.407 e. The first-order valence-electron chi connectivity index (χ1n) is 7.41. The molecule has 134 valence electrons. The van der Waals surface area contributed by atoms with Crippen molar-refractivity contribution in [3.8, 4) is 11.4 Å². The molecule has 1 aromatic heterocycles. The van der Waals surface area contributed by atoms with Gasteiger partial charge in [0.05, 0.1) is 23.0 Å². The highest BCUT2D eigenvalue weighted by molar-refractivity contribution is 7.90. The lowest BCUT2D eigenvalue weighted by Gasteiger charge is -2.06. The number of carbonyl (C=O) groups is 1. The van der Waals surface area contributed by atoms with Crippen molar-refractivity contribution in [3.63, 3.8) is 0 Å². The van der Waals surface area contributed by atoms with E-state index >= 15 is 0 Å². The molecule has 0 fully saturated rings. The average Bonchev–Trinajstić information content (AvgIpc) is 3.03. The molecule has 0 saturated heterocycles. The lowest BCUT2D eigenvalue weighted by Crippen LogP contribution is -2.16. The highest BCUT2D eigenvalue weighted by Gasteiger charge is 2.11. The molecule has 0 aliphatic rings. The van der Waals surface area contributed by atoms with Crippen LogP contribution in [0.1, 0.15) is 0 Å². The summed E-state index contributed by atoms with van der Waals surface area (Å²) in [4.78, 5) is 12.1. The molecular formula is C17H14ClN3O4S. The van der Waals surface area contributed by atoms with E-state index in [0.717, 1.165) is 11.9 Å². The van der Waals surface area contributed by atoms with Gasteiger partial charge in [0.25, 0.3) is 0 Å². The summed E-state index contributed by atoms with van der Waals surface area (Å²) >= 11 is 5.84. The summed E-state index contributed by atoms with van der Waals surface area (Å²) in [5.41, 5.74) is 1.06. The monoisotopic (exact) mass is 391 g/mol. The van der Waals surface area contributed by atoms with Gasteiger partial charge >= 0.3 is 6.09 Å². The molecule has 0 spiro atoms. The van der Waals surface area contributed by atoms with Crippen molar-refractivity contribution in [2.75, 3.05) is 11.6 Å².